The average Bonchev–Trinajstić information content (AvgIpc) is 3.90. The SMILES string of the molecule is Cc1cc(C)cc(-c2cc(-c3ccccc3)cc(-c3ccccc3)c2S[C@@H]2C[C@@H](CNC(=O)c3ccc(/C=C4\SC(=O)NC4=O)cc3)N(C(=O)c3ccccc3C(=O)c3ccc(F)cc3F)C2)c1. The minimum absolute atomic E-state index is 0.0326. The zero-order valence-corrected chi connectivity index (χ0v) is 38.6. The van der Waals surface area contributed by atoms with Crippen molar-refractivity contribution in [2.24, 2.45) is 0 Å². The number of hydrogen-bond donors (Lipinski definition) is 2. The van der Waals surface area contributed by atoms with Gasteiger partial charge in [0.2, 0.25) is 0 Å². The molecule has 2 aliphatic heterocycles. The minimum atomic E-state index is -1.04. The molecule has 4 amide bonds. The highest BCUT2D eigenvalue weighted by Crippen LogP contribution is 2.47. The van der Waals surface area contributed by atoms with E-state index in [1.54, 1.807) is 59.1 Å². The van der Waals surface area contributed by atoms with Crippen LogP contribution in [0.3, 0.4) is 0 Å². The highest BCUT2D eigenvalue weighted by atomic mass is 32.2. The van der Waals surface area contributed by atoms with Crippen LogP contribution in [0.1, 0.15) is 59.7 Å². The second kappa shape index (κ2) is 19.8. The zero-order chi connectivity index (χ0) is 47.5. The topological polar surface area (TPSA) is 113 Å². The van der Waals surface area contributed by atoms with Gasteiger partial charge in [-0.1, -0.05) is 120 Å². The van der Waals surface area contributed by atoms with E-state index in [9.17, 15) is 28.4 Å². The summed E-state index contributed by atoms with van der Waals surface area (Å²) < 4.78 is 29.0. The Labute approximate surface area is 400 Å². The lowest BCUT2D eigenvalue weighted by Gasteiger charge is -2.26. The summed E-state index contributed by atoms with van der Waals surface area (Å²) in [5, 5.41) is 4.62. The van der Waals surface area contributed by atoms with Gasteiger partial charge in [-0.3, -0.25) is 29.3 Å². The number of nitrogens with zero attached hydrogens (tertiary/aromatic N) is 1. The molecule has 7 aromatic rings. The number of nitrogens with one attached hydrogen (secondary N) is 2. The molecule has 2 fully saturated rings. The van der Waals surface area contributed by atoms with E-state index in [1.807, 2.05) is 36.4 Å². The molecule has 0 saturated carbocycles. The molecule has 0 radical (unpaired) electrons. The van der Waals surface area contributed by atoms with Gasteiger partial charge in [0.05, 0.1) is 22.1 Å². The van der Waals surface area contributed by atoms with E-state index in [0.717, 1.165) is 73.3 Å². The highest BCUT2D eigenvalue weighted by Gasteiger charge is 2.38. The van der Waals surface area contributed by atoms with Crippen LogP contribution < -0.4 is 10.6 Å². The summed E-state index contributed by atoms with van der Waals surface area (Å²) in [5.74, 6) is -3.97. The molecule has 2 aliphatic rings. The maximum Gasteiger partial charge on any atom is 0.290 e. The fourth-order valence-electron chi connectivity index (χ4n) is 8.75. The van der Waals surface area contributed by atoms with E-state index in [4.69, 9.17) is 0 Å². The van der Waals surface area contributed by atoms with Gasteiger partial charge in [-0.05, 0) is 120 Å². The number of thioether (sulfide) groups is 2. The summed E-state index contributed by atoms with van der Waals surface area (Å²) in [6.07, 6.45) is 2.04. The Morgan fingerprint density at radius 3 is 1.99 bits per heavy atom. The molecular formula is C56H43F2N3O5S2. The van der Waals surface area contributed by atoms with Gasteiger partial charge in [-0.25, -0.2) is 8.78 Å². The molecule has 8 nitrogen and oxygen atoms in total. The summed E-state index contributed by atoms with van der Waals surface area (Å²) in [6.45, 7) is 4.48. The Kier molecular flexibility index (Phi) is 13.3. The number of hydrogen-bond acceptors (Lipinski definition) is 7. The van der Waals surface area contributed by atoms with Crippen molar-refractivity contribution in [2.75, 3.05) is 13.1 Å². The van der Waals surface area contributed by atoms with Crippen LogP contribution >= 0.6 is 23.5 Å². The van der Waals surface area contributed by atoms with Crippen molar-refractivity contribution in [3.8, 4) is 33.4 Å². The number of amides is 4. The van der Waals surface area contributed by atoms with Gasteiger partial charge >= 0.3 is 0 Å². The third-order valence-electron chi connectivity index (χ3n) is 11.9. The van der Waals surface area contributed by atoms with Crippen LogP contribution in [0.25, 0.3) is 39.5 Å². The van der Waals surface area contributed by atoms with Crippen molar-refractivity contribution < 1.29 is 32.8 Å². The first-order valence-electron chi connectivity index (χ1n) is 22.0. The van der Waals surface area contributed by atoms with Crippen LogP contribution in [0.5, 0.6) is 0 Å². The molecule has 12 heteroatoms. The van der Waals surface area contributed by atoms with Gasteiger partial charge in [0, 0.05) is 40.4 Å². The number of ketones is 1. The van der Waals surface area contributed by atoms with Crippen molar-refractivity contribution >= 4 is 58.3 Å². The van der Waals surface area contributed by atoms with E-state index >= 15 is 4.39 Å². The van der Waals surface area contributed by atoms with Gasteiger partial charge in [0.15, 0.2) is 5.78 Å². The Morgan fingerprint density at radius 1 is 0.706 bits per heavy atom. The summed E-state index contributed by atoms with van der Waals surface area (Å²) >= 11 is 2.47. The first-order chi connectivity index (χ1) is 32.9. The summed E-state index contributed by atoms with van der Waals surface area (Å²) in [5.41, 5.74) is 9.11. The molecule has 68 heavy (non-hydrogen) atoms. The summed E-state index contributed by atoms with van der Waals surface area (Å²) in [6, 6.07) is 46.4. The molecule has 2 N–H and O–H groups in total. The van der Waals surface area contributed by atoms with Crippen LogP contribution in [0.4, 0.5) is 13.6 Å². The Balaban J connectivity index is 1.08. The van der Waals surface area contributed by atoms with E-state index in [1.165, 1.54) is 12.1 Å². The lowest BCUT2D eigenvalue weighted by atomic mass is 9.92. The largest absolute Gasteiger partial charge is 0.350 e. The van der Waals surface area contributed by atoms with Gasteiger partial charge in [0.25, 0.3) is 23.0 Å². The molecule has 338 valence electrons. The van der Waals surface area contributed by atoms with E-state index in [0.29, 0.717) is 23.6 Å². The second-order valence-corrected chi connectivity index (χ2v) is 19.1. The standard InChI is InChI=1S/C56H43F2N3O5S2/c1-33-23-34(2)25-40(24-33)48-28-39(36-11-5-3-6-12-36)27-47(37-13-7-4-8-14-37)52(48)67-43-30-42(31-59-53(63)38-19-17-35(18-20-38)26-50-54(64)60-56(66)68-50)61(32-43)55(65)45-16-10-9-15-44(45)51(62)46-22-21-41(57)29-49(46)58/h3-29,42-43H,30-32H2,1-2H3,(H,59,63)(H,60,64,66)/b50-26-/t42-,43+/m0/s1. The first kappa shape index (κ1) is 45.7. The van der Waals surface area contributed by atoms with Crippen LogP contribution in [0.2, 0.25) is 0 Å². The molecule has 9 rings (SSSR count). The van der Waals surface area contributed by atoms with Crippen LogP contribution in [0, 0.1) is 25.5 Å². The Morgan fingerprint density at radius 2 is 1.34 bits per heavy atom. The molecule has 2 atom stereocenters. The van der Waals surface area contributed by atoms with E-state index in [-0.39, 0.29) is 39.9 Å². The third kappa shape index (κ3) is 9.97. The number of halogens is 2. The number of carbonyl (C=O) groups is 5. The number of rotatable bonds is 12. The van der Waals surface area contributed by atoms with Crippen LogP contribution in [-0.4, -0.2) is 58.0 Å². The van der Waals surface area contributed by atoms with Crippen molar-refractivity contribution in [3.05, 3.63) is 213 Å². The second-order valence-electron chi connectivity index (χ2n) is 16.8. The number of benzene rings is 7. The first-order valence-corrected chi connectivity index (χ1v) is 23.6. The summed E-state index contributed by atoms with van der Waals surface area (Å²) in [7, 11) is 0. The molecular weight excluding hydrogens is 897 g/mol. The third-order valence-corrected chi connectivity index (χ3v) is 14.1. The Bertz CT molecular complexity index is 3140. The normalized spacial score (nSPS) is 16.2. The van der Waals surface area contributed by atoms with Gasteiger partial charge in [0.1, 0.15) is 11.6 Å². The minimum Gasteiger partial charge on any atom is -0.350 e. The van der Waals surface area contributed by atoms with Gasteiger partial charge < -0.3 is 10.2 Å². The molecule has 0 spiro atoms. The highest BCUT2D eigenvalue weighted by molar-refractivity contribution is 8.18. The molecule has 2 heterocycles. The van der Waals surface area contributed by atoms with Crippen molar-refractivity contribution in [1.29, 1.82) is 0 Å². The average molecular weight is 940 g/mol. The molecule has 0 aromatic heterocycles. The fourth-order valence-corrected chi connectivity index (χ4v) is 10.9. The number of imide groups is 1. The maximum atomic E-state index is 15.0. The molecule has 0 aliphatic carbocycles. The summed E-state index contributed by atoms with van der Waals surface area (Å²) in [4.78, 5) is 69.4. The quantitative estimate of drug-likeness (QED) is 0.0927. The molecule has 2 saturated heterocycles. The fraction of sp³-hybridized carbons (Fsp3) is 0.125. The zero-order valence-electron chi connectivity index (χ0n) is 36.9. The van der Waals surface area contributed by atoms with Crippen molar-refractivity contribution in [2.45, 2.75) is 36.5 Å². The molecule has 0 bridgehead atoms. The molecule has 0 unspecified atom stereocenters. The van der Waals surface area contributed by atoms with Crippen molar-refractivity contribution in [1.82, 2.24) is 15.5 Å². The maximum absolute atomic E-state index is 15.0. The van der Waals surface area contributed by atoms with E-state index in [2.05, 4.69) is 79.1 Å². The lowest BCUT2D eigenvalue weighted by Crippen LogP contribution is -2.43. The number of aryl methyl sites for hydroxylation is 2. The monoisotopic (exact) mass is 939 g/mol. The number of likely N-dealkylation sites (tertiary alicyclic amines) is 1. The van der Waals surface area contributed by atoms with E-state index < -0.39 is 46.4 Å². The van der Waals surface area contributed by atoms with Crippen molar-refractivity contribution in [3.63, 3.8) is 0 Å². The Hall–Kier alpha value is -7.41. The van der Waals surface area contributed by atoms with Gasteiger partial charge in [-0.2, -0.15) is 0 Å². The molecule has 7 aromatic carbocycles. The smallest absolute Gasteiger partial charge is 0.290 e. The predicted molar refractivity (Wildman–Crippen MR) is 265 cm³/mol. The lowest BCUT2D eigenvalue weighted by molar-refractivity contribution is -0.115. The predicted octanol–water partition coefficient (Wildman–Crippen LogP) is 11.9. The van der Waals surface area contributed by atoms with Crippen LogP contribution in [-0.2, 0) is 4.79 Å². The van der Waals surface area contributed by atoms with Gasteiger partial charge in [-0.15, -0.1) is 11.8 Å². The number of carbonyl (C=O) groups excluding carboxylic acids is 5. The van der Waals surface area contributed by atoms with Crippen LogP contribution in [0.15, 0.2) is 168 Å².